The molecule has 4 rings (SSSR count). The molecular weight excluding hydrogens is 468 g/mol. The zero-order chi connectivity index (χ0) is 23.8. The van der Waals surface area contributed by atoms with Crippen LogP contribution in [0.5, 0.6) is 5.75 Å². The molecule has 34 heavy (non-hydrogen) atoms. The number of terminal acetylenes is 1. The predicted molar refractivity (Wildman–Crippen MR) is 138 cm³/mol. The van der Waals surface area contributed by atoms with Gasteiger partial charge in [-0.1, -0.05) is 47.9 Å². The Morgan fingerprint density at radius 3 is 2.68 bits per heavy atom. The van der Waals surface area contributed by atoms with Crippen molar-refractivity contribution >= 4 is 45.9 Å². The molecule has 8 heteroatoms. The summed E-state index contributed by atoms with van der Waals surface area (Å²) in [5.74, 6) is 2.55. The SMILES string of the molecule is C#CCOc1ccc(/C=N\NC(=O)c2ccc(-c3csc(Nc4ccccc4)n3)cc2)cc1Cl. The highest BCUT2D eigenvalue weighted by atomic mass is 35.5. The van der Waals surface area contributed by atoms with E-state index >= 15 is 0 Å². The number of ether oxygens (including phenoxy) is 1. The van der Waals surface area contributed by atoms with Crippen molar-refractivity contribution in [3.63, 3.8) is 0 Å². The number of carbonyl (C=O) groups is 1. The van der Waals surface area contributed by atoms with Gasteiger partial charge in [0.15, 0.2) is 5.13 Å². The number of benzene rings is 3. The van der Waals surface area contributed by atoms with Gasteiger partial charge in [-0.25, -0.2) is 10.4 Å². The predicted octanol–water partition coefficient (Wildman–Crippen LogP) is 5.98. The Labute approximate surface area is 206 Å². The zero-order valence-electron chi connectivity index (χ0n) is 17.9. The Kier molecular flexibility index (Phi) is 7.56. The summed E-state index contributed by atoms with van der Waals surface area (Å²) in [5, 5.41) is 10.5. The highest BCUT2D eigenvalue weighted by Gasteiger charge is 2.08. The van der Waals surface area contributed by atoms with Crippen molar-refractivity contribution in [3.05, 3.63) is 94.3 Å². The number of anilines is 2. The van der Waals surface area contributed by atoms with Gasteiger partial charge in [-0.05, 0) is 48.0 Å². The van der Waals surface area contributed by atoms with E-state index in [-0.39, 0.29) is 12.5 Å². The van der Waals surface area contributed by atoms with E-state index in [1.54, 1.807) is 30.3 Å². The fourth-order valence-corrected chi connectivity index (χ4v) is 3.95. The van der Waals surface area contributed by atoms with E-state index in [4.69, 9.17) is 22.8 Å². The number of thiazole rings is 1. The summed E-state index contributed by atoms with van der Waals surface area (Å²) in [4.78, 5) is 17.0. The van der Waals surface area contributed by atoms with Crippen molar-refractivity contribution in [3.8, 4) is 29.4 Å². The van der Waals surface area contributed by atoms with Crippen molar-refractivity contribution in [2.45, 2.75) is 0 Å². The summed E-state index contributed by atoms with van der Waals surface area (Å²) in [6, 6.07) is 22.2. The molecule has 1 aromatic heterocycles. The van der Waals surface area contributed by atoms with E-state index < -0.39 is 0 Å². The van der Waals surface area contributed by atoms with Gasteiger partial charge in [-0.2, -0.15) is 5.10 Å². The van der Waals surface area contributed by atoms with Crippen LogP contribution in [-0.2, 0) is 0 Å². The lowest BCUT2D eigenvalue weighted by Gasteiger charge is -2.05. The number of hydrogen-bond donors (Lipinski definition) is 2. The number of para-hydroxylation sites is 1. The van der Waals surface area contributed by atoms with Crippen LogP contribution >= 0.6 is 22.9 Å². The third-order valence-electron chi connectivity index (χ3n) is 4.62. The van der Waals surface area contributed by atoms with Crippen LogP contribution in [0, 0.1) is 12.3 Å². The highest BCUT2D eigenvalue weighted by Crippen LogP contribution is 2.27. The Morgan fingerprint density at radius 2 is 1.94 bits per heavy atom. The average molecular weight is 487 g/mol. The van der Waals surface area contributed by atoms with Crippen molar-refractivity contribution in [2.24, 2.45) is 5.10 Å². The number of hydrazone groups is 1. The minimum Gasteiger partial charge on any atom is -0.479 e. The molecule has 0 aliphatic rings. The zero-order valence-corrected chi connectivity index (χ0v) is 19.4. The number of hydrogen-bond acceptors (Lipinski definition) is 6. The third-order valence-corrected chi connectivity index (χ3v) is 5.67. The van der Waals surface area contributed by atoms with Crippen LogP contribution in [0.4, 0.5) is 10.8 Å². The van der Waals surface area contributed by atoms with Crippen molar-refractivity contribution in [2.75, 3.05) is 11.9 Å². The summed E-state index contributed by atoms with van der Waals surface area (Å²) in [5.41, 5.74) is 6.43. The second kappa shape index (κ2) is 11.1. The molecule has 4 aromatic rings. The Bertz CT molecular complexity index is 1350. The van der Waals surface area contributed by atoms with Gasteiger partial charge in [0.25, 0.3) is 5.91 Å². The van der Waals surface area contributed by atoms with Crippen molar-refractivity contribution in [1.29, 1.82) is 0 Å². The second-order valence-corrected chi connectivity index (χ2v) is 8.25. The smallest absolute Gasteiger partial charge is 0.271 e. The van der Waals surface area contributed by atoms with Crippen LogP contribution in [0.25, 0.3) is 11.3 Å². The molecule has 168 valence electrons. The van der Waals surface area contributed by atoms with Crippen molar-refractivity contribution < 1.29 is 9.53 Å². The minimum absolute atomic E-state index is 0.135. The molecule has 0 radical (unpaired) electrons. The topological polar surface area (TPSA) is 75.6 Å². The Morgan fingerprint density at radius 1 is 1.15 bits per heavy atom. The van der Waals surface area contributed by atoms with Gasteiger partial charge >= 0.3 is 0 Å². The molecule has 0 saturated heterocycles. The monoisotopic (exact) mass is 486 g/mol. The normalized spacial score (nSPS) is 10.6. The van der Waals surface area contributed by atoms with Crippen molar-refractivity contribution in [1.82, 2.24) is 10.4 Å². The fourth-order valence-electron chi connectivity index (χ4n) is 2.96. The fraction of sp³-hybridized carbons (Fsp3) is 0.0385. The van der Waals surface area contributed by atoms with E-state index in [2.05, 4.69) is 26.7 Å². The maximum atomic E-state index is 12.4. The molecule has 0 spiro atoms. The summed E-state index contributed by atoms with van der Waals surface area (Å²) in [7, 11) is 0. The molecule has 0 saturated carbocycles. The maximum absolute atomic E-state index is 12.4. The quantitative estimate of drug-likeness (QED) is 0.182. The molecule has 0 aliphatic carbocycles. The first-order valence-corrected chi connectivity index (χ1v) is 11.5. The lowest BCUT2D eigenvalue weighted by molar-refractivity contribution is 0.0955. The van der Waals surface area contributed by atoms with Crippen LogP contribution in [-0.4, -0.2) is 23.7 Å². The molecule has 0 unspecified atom stereocenters. The first-order valence-electron chi connectivity index (χ1n) is 10.2. The van der Waals surface area contributed by atoms with E-state index in [0.717, 1.165) is 22.1 Å². The summed E-state index contributed by atoms with van der Waals surface area (Å²) in [6.07, 6.45) is 6.68. The standard InChI is InChI=1S/C26H19ClN4O2S/c1-2-14-33-24-13-8-18(15-22(24)27)16-28-31-25(32)20-11-9-19(10-12-20)23-17-34-26(30-23)29-21-6-4-3-5-7-21/h1,3-13,15-17H,14H2,(H,29,30)(H,31,32)/b28-16-. The lowest BCUT2D eigenvalue weighted by Crippen LogP contribution is -2.17. The first-order chi connectivity index (χ1) is 16.6. The van der Waals surface area contributed by atoms with Gasteiger partial charge < -0.3 is 10.1 Å². The Hall–Kier alpha value is -4.12. The minimum atomic E-state index is -0.326. The van der Waals surface area contributed by atoms with E-state index in [1.165, 1.54) is 17.6 Å². The number of aromatic nitrogens is 1. The van der Waals surface area contributed by atoms with E-state index in [0.29, 0.717) is 21.9 Å². The third kappa shape index (κ3) is 6.01. The average Bonchev–Trinajstić information content (AvgIpc) is 3.32. The van der Waals surface area contributed by atoms with Gasteiger partial charge in [-0.15, -0.1) is 17.8 Å². The Balaban J connectivity index is 1.34. The number of halogens is 1. The van der Waals surface area contributed by atoms with E-state index in [9.17, 15) is 4.79 Å². The molecule has 0 fully saturated rings. The number of carbonyl (C=O) groups excluding carboxylic acids is 1. The molecule has 2 N–H and O–H groups in total. The molecule has 0 bridgehead atoms. The van der Waals surface area contributed by atoms with Crippen LogP contribution in [0.15, 0.2) is 83.3 Å². The molecule has 1 heterocycles. The van der Waals surface area contributed by atoms with Gasteiger partial charge in [-0.3, -0.25) is 4.79 Å². The van der Waals surface area contributed by atoms with Gasteiger partial charge in [0.1, 0.15) is 12.4 Å². The molecule has 3 aromatic carbocycles. The highest BCUT2D eigenvalue weighted by molar-refractivity contribution is 7.14. The van der Waals surface area contributed by atoms with Gasteiger partial charge in [0.2, 0.25) is 0 Å². The van der Waals surface area contributed by atoms with Crippen LogP contribution in [0.3, 0.4) is 0 Å². The summed E-state index contributed by atoms with van der Waals surface area (Å²) >= 11 is 7.68. The first kappa shape index (κ1) is 23.1. The number of nitrogens with one attached hydrogen (secondary N) is 2. The molecule has 6 nitrogen and oxygen atoms in total. The summed E-state index contributed by atoms with van der Waals surface area (Å²) < 4.78 is 5.32. The molecule has 0 atom stereocenters. The van der Waals surface area contributed by atoms with Gasteiger partial charge in [0, 0.05) is 22.2 Å². The number of nitrogens with zero attached hydrogens (tertiary/aromatic N) is 2. The lowest BCUT2D eigenvalue weighted by atomic mass is 10.1. The maximum Gasteiger partial charge on any atom is 0.271 e. The van der Waals surface area contributed by atoms with Crippen LogP contribution in [0.2, 0.25) is 5.02 Å². The number of rotatable bonds is 8. The molecular formula is C26H19ClN4O2S. The second-order valence-electron chi connectivity index (χ2n) is 6.99. The number of amides is 1. The molecule has 0 aliphatic heterocycles. The largest absolute Gasteiger partial charge is 0.479 e. The molecule has 1 amide bonds. The van der Waals surface area contributed by atoms with Gasteiger partial charge in [0.05, 0.1) is 16.9 Å². The van der Waals surface area contributed by atoms with Crippen LogP contribution in [0.1, 0.15) is 15.9 Å². The van der Waals surface area contributed by atoms with E-state index in [1.807, 2.05) is 47.8 Å². The summed E-state index contributed by atoms with van der Waals surface area (Å²) in [6.45, 7) is 0.135. The van der Waals surface area contributed by atoms with Crippen LogP contribution < -0.4 is 15.5 Å².